The van der Waals surface area contributed by atoms with Crippen LogP contribution in [-0.4, -0.2) is 41.1 Å². The molecule has 0 bridgehead atoms. The zero-order valence-corrected chi connectivity index (χ0v) is 9.52. The van der Waals surface area contributed by atoms with Crippen molar-refractivity contribution in [2.75, 3.05) is 31.5 Å². The third kappa shape index (κ3) is 2.19. The van der Waals surface area contributed by atoms with Crippen molar-refractivity contribution in [3.63, 3.8) is 0 Å². The van der Waals surface area contributed by atoms with Crippen LogP contribution in [0.25, 0.3) is 0 Å². The quantitative estimate of drug-likeness (QED) is 0.756. The van der Waals surface area contributed by atoms with Crippen molar-refractivity contribution in [1.29, 1.82) is 0 Å². The van der Waals surface area contributed by atoms with Gasteiger partial charge in [-0.25, -0.2) is 0 Å². The summed E-state index contributed by atoms with van der Waals surface area (Å²) < 4.78 is 5.19. The van der Waals surface area contributed by atoms with Crippen LogP contribution in [0.5, 0.6) is 0 Å². The van der Waals surface area contributed by atoms with Crippen molar-refractivity contribution in [2.45, 2.75) is 12.3 Å². The van der Waals surface area contributed by atoms with Gasteiger partial charge in [-0.3, -0.25) is 0 Å². The Labute approximate surface area is 87.8 Å². The monoisotopic (exact) mass is 216 g/mol. The number of methoxy groups -OCH3 is 1. The minimum absolute atomic E-state index is 0.175. The Morgan fingerprint density at radius 3 is 2.71 bits per heavy atom. The summed E-state index contributed by atoms with van der Waals surface area (Å²) in [6, 6.07) is 0. The summed E-state index contributed by atoms with van der Waals surface area (Å²) in [4.78, 5) is 0. The van der Waals surface area contributed by atoms with Gasteiger partial charge in [-0.2, -0.15) is 22.1 Å². The maximum atomic E-state index is 5.72. The summed E-state index contributed by atoms with van der Waals surface area (Å²) in [5.41, 5.74) is 6.33. The lowest BCUT2D eigenvalue weighted by atomic mass is 9.90. The van der Waals surface area contributed by atoms with E-state index in [9.17, 15) is 0 Å². The van der Waals surface area contributed by atoms with E-state index in [0.29, 0.717) is 12.4 Å². The molecule has 6 heteroatoms. The smallest absolute Gasteiger partial charge is 0.169 e. The highest BCUT2D eigenvalue weighted by Gasteiger charge is 2.31. The van der Waals surface area contributed by atoms with Crippen LogP contribution in [0.4, 0.5) is 5.82 Å². The molecule has 0 saturated carbocycles. The molecule has 0 amide bonds. The largest absolute Gasteiger partial charge is 0.384 e. The van der Waals surface area contributed by atoms with Gasteiger partial charge in [0.15, 0.2) is 5.82 Å². The zero-order chi connectivity index (χ0) is 10.6. The van der Waals surface area contributed by atoms with Crippen molar-refractivity contribution in [2.24, 2.45) is 0 Å². The number of hydrogen-bond donors (Lipinski definition) is 2. The second-order valence-corrected chi connectivity index (χ2v) is 4.35. The molecule has 0 aliphatic heterocycles. The molecule has 14 heavy (non-hydrogen) atoms. The van der Waals surface area contributed by atoms with Crippen molar-refractivity contribution >= 4 is 17.6 Å². The highest BCUT2D eigenvalue weighted by molar-refractivity contribution is 7.98. The van der Waals surface area contributed by atoms with Gasteiger partial charge in [-0.05, 0) is 6.26 Å². The molecule has 1 unspecified atom stereocenters. The Morgan fingerprint density at radius 1 is 1.57 bits per heavy atom. The summed E-state index contributed by atoms with van der Waals surface area (Å²) in [6.07, 6.45) is 2.05. The molecule has 1 atom stereocenters. The van der Waals surface area contributed by atoms with Crippen LogP contribution in [0, 0.1) is 0 Å². The van der Waals surface area contributed by atoms with Crippen molar-refractivity contribution < 1.29 is 4.74 Å². The van der Waals surface area contributed by atoms with Gasteiger partial charge >= 0.3 is 0 Å². The molecule has 5 nitrogen and oxygen atoms in total. The Morgan fingerprint density at radius 2 is 2.29 bits per heavy atom. The maximum Gasteiger partial charge on any atom is 0.169 e. The fourth-order valence-electron chi connectivity index (χ4n) is 1.50. The van der Waals surface area contributed by atoms with E-state index in [0.717, 1.165) is 11.4 Å². The van der Waals surface area contributed by atoms with E-state index in [-0.39, 0.29) is 5.41 Å². The number of hydrogen-bond acceptors (Lipinski definition) is 5. The average molecular weight is 216 g/mol. The standard InChI is InChI=1S/C8H16N4OS/c1-8(4-13-2,5-14-3)6-7(9)11-12-10-6/h4-5H2,1-3H3,(H3,9,10,11,12). The number of nitrogens with one attached hydrogen (secondary N) is 1. The number of nitrogen functional groups attached to an aromatic ring is 1. The summed E-state index contributed by atoms with van der Waals surface area (Å²) in [5, 5.41) is 10.4. The minimum atomic E-state index is -0.175. The molecule has 1 heterocycles. The number of anilines is 1. The summed E-state index contributed by atoms with van der Waals surface area (Å²) in [5.74, 6) is 1.36. The van der Waals surface area contributed by atoms with Crippen LogP contribution < -0.4 is 5.73 Å². The van der Waals surface area contributed by atoms with Crippen LogP contribution in [0.2, 0.25) is 0 Å². The van der Waals surface area contributed by atoms with Gasteiger partial charge < -0.3 is 10.5 Å². The summed E-state index contributed by atoms with van der Waals surface area (Å²) in [7, 11) is 1.68. The van der Waals surface area contributed by atoms with Gasteiger partial charge in [-0.1, -0.05) is 6.92 Å². The first-order chi connectivity index (χ1) is 6.64. The first-order valence-electron chi connectivity index (χ1n) is 4.28. The van der Waals surface area contributed by atoms with Gasteiger partial charge in [0.05, 0.1) is 6.61 Å². The van der Waals surface area contributed by atoms with Gasteiger partial charge in [-0.15, -0.1) is 5.10 Å². The molecule has 0 aromatic carbocycles. The third-order valence-corrected chi connectivity index (χ3v) is 3.00. The predicted molar refractivity (Wildman–Crippen MR) is 58.4 cm³/mol. The topological polar surface area (TPSA) is 76.8 Å². The van der Waals surface area contributed by atoms with Crippen molar-refractivity contribution in [3.05, 3.63) is 5.69 Å². The Balaban J connectivity index is 2.92. The third-order valence-electron chi connectivity index (χ3n) is 2.07. The van der Waals surface area contributed by atoms with Crippen LogP contribution in [0.3, 0.4) is 0 Å². The lowest BCUT2D eigenvalue weighted by Crippen LogP contribution is -2.32. The lowest BCUT2D eigenvalue weighted by Gasteiger charge is -2.25. The molecule has 1 aromatic heterocycles. The normalized spacial score (nSPS) is 15.4. The Kier molecular flexibility index (Phi) is 3.77. The highest BCUT2D eigenvalue weighted by Crippen LogP contribution is 2.28. The van der Waals surface area contributed by atoms with E-state index in [2.05, 4.69) is 22.3 Å². The molecule has 0 spiro atoms. The van der Waals surface area contributed by atoms with E-state index >= 15 is 0 Å². The van der Waals surface area contributed by atoms with Crippen LogP contribution in [-0.2, 0) is 10.2 Å². The molecule has 0 fully saturated rings. The van der Waals surface area contributed by atoms with Crippen LogP contribution in [0.15, 0.2) is 0 Å². The van der Waals surface area contributed by atoms with Crippen LogP contribution >= 0.6 is 11.8 Å². The fraction of sp³-hybridized carbons (Fsp3) is 0.750. The highest BCUT2D eigenvalue weighted by atomic mass is 32.2. The second-order valence-electron chi connectivity index (χ2n) is 3.48. The molecular formula is C8H16N4OS. The van der Waals surface area contributed by atoms with E-state index in [1.807, 2.05) is 6.26 Å². The summed E-state index contributed by atoms with van der Waals surface area (Å²) >= 11 is 1.74. The minimum Gasteiger partial charge on any atom is -0.384 e. The first kappa shape index (κ1) is 11.3. The number of thioether (sulfide) groups is 1. The molecule has 0 saturated heterocycles. The number of ether oxygens (including phenoxy) is 1. The van der Waals surface area contributed by atoms with Crippen molar-refractivity contribution in [1.82, 2.24) is 15.4 Å². The van der Waals surface area contributed by atoms with Gasteiger partial charge in [0.25, 0.3) is 0 Å². The number of rotatable bonds is 5. The van der Waals surface area contributed by atoms with E-state index < -0.39 is 0 Å². The Bertz CT molecular complexity index is 283. The lowest BCUT2D eigenvalue weighted by molar-refractivity contribution is 0.147. The first-order valence-corrected chi connectivity index (χ1v) is 5.68. The molecular weight excluding hydrogens is 200 g/mol. The predicted octanol–water partition coefficient (Wildman–Crippen LogP) is 0.654. The zero-order valence-electron chi connectivity index (χ0n) is 8.70. The average Bonchev–Trinajstić information content (AvgIpc) is 2.52. The van der Waals surface area contributed by atoms with E-state index in [1.165, 1.54) is 0 Å². The number of nitrogens with zero attached hydrogens (tertiary/aromatic N) is 2. The van der Waals surface area contributed by atoms with Crippen LogP contribution in [0.1, 0.15) is 12.6 Å². The fourth-order valence-corrected chi connectivity index (χ4v) is 2.36. The molecule has 1 rings (SSSR count). The number of aromatic amines is 1. The van der Waals surface area contributed by atoms with Gasteiger partial charge in [0.1, 0.15) is 5.69 Å². The number of H-pyrrole nitrogens is 1. The number of aromatic nitrogens is 3. The summed E-state index contributed by atoms with van der Waals surface area (Å²) in [6.45, 7) is 2.66. The maximum absolute atomic E-state index is 5.72. The molecule has 1 aromatic rings. The molecule has 0 aliphatic carbocycles. The van der Waals surface area contributed by atoms with E-state index in [1.54, 1.807) is 18.9 Å². The SMILES string of the molecule is COCC(C)(CSC)c1n[nH]nc1N. The molecule has 0 radical (unpaired) electrons. The molecule has 80 valence electrons. The Hall–Kier alpha value is -0.750. The van der Waals surface area contributed by atoms with E-state index in [4.69, 9.17) is 10.5 Å². The second kappa shape index (κ2) is 4.65. The van der Waals surface area contributed by atoms with Gasteiger partial charge in [0, 0.05) is 18.3 Å². The number of nitrogens with two attached hydrogens (primary N) is 1. The van der Waals surface area contributed by atoms with Crippen molar-refractivity contribution in [3.8, 4) is 0 Å². The van der Waals surface area contributed by atoms with Gasteiger partial charge in [0.2, 0.25) is 0 Å². The molecule has 0 aliphatic rings. The molecule has 3 N–H and O–H groups in total.